The van der Waals surface area contributed by atoms with E-state index in [-0.39, 0.29) is 4.90 Å². The molecule has 14 heavy (non-hydrogen) atoms. The summed E-state index contributed by atoms with van der Waals surface area (Å²) in [6.45, 7) is 1.03. The first-order chi connectivity index (χ1) is 6.57. The van der Waals surface area contributed by atoms with Crippen LogP contribution in [-0.4, -0.2) is 15.0 Å². The second-order valence-electron chi connectivity index (χ2n) is 3.41. The molecule has 0 aliphatic carbocycles. The molecule has 0 saturated carbocycles. The van der Waals surface area contributed by atoms with Gasteiger partial charge in [-0.3, -0.25) is 0 Å². The number of nitrogens with two attached hydrogens (primary N) is 1. The summed E-state index contributed by atoms with van der Waals surface area (Å²) in [5, 5.41) is 8.23. The molecule has 1 saturated heterocycles. The third-order valence-corrected chi connectivity index (χ3v) is 3.36. The summed E-state index contributed by atoms with van der Waals surface area (Å²) >= 11 is 0. The molecule has 1 aliphatic heterocycles. The monoisotopic (exact) mass is 212 g/mol. The van der Waals surface area contributed by atoms with Crippen molar-refractivity contribution in [3.8, 4) is 0 Å². The highest BCUT2D eigenvalue weighted by Crippen LogP contribution is 2.23. The van der Waals surface area contributed by atoms with Crippen LogP contribution in [0.1, 0.15) is 18.0 Å². The molecule has 1 heterocycles. The van der Waals surface area contributed by atoms with E-state index in [4.69, 9.17) is 5.14 Å². The van der Waals surface area contributed by atoms with E-state index in [1.807, 2.05) is 0 Å². The number of rotatable bonds is 2. The van der Waals surface area contributed by atoms with Gasteiger partial charge in [0.15, 0.2) is 0 Å². The van der Waals surface area contributed by atoms with E-state index in [0.717, 1.165) is 18.5 Å². The largest absolute Gasteiger partial charge is 0.310 e. The van der Waals surface area contributed by atoms with Crippen LogP contribution in [0.2, 0.25) is 0 Å². The van der Waals surface area contributed by atoms with Crippen molar-refractivity contribution in [1.29, 1.82) is 0 Å². The van der Waals surface area contributed by atoms with E-state index in [1.165, 1.54) is 0 Å². The highest BCUT2D eigenvalue weighted by Gasteiger charge is 2.18. The summed E-state index contributed by atoms with van der Waals surface area (Å²) in [7, 11) is -3.55. The molecule has 0 aromatic heterocycles. The minimum atomic E-state index is -3.55. The molecule has 1 aliphatic rings. The number of primary sulfonamides is 1. The molecule has 4 nitrogen and oxygen atoms in total. The van der Waals surface area contributed by atoms with Gasteiger partial charge in [-0.25, -0.2) is 13.6 Å². The number of hydrogen-bond acceptors (Lipinski definition) is 3. The van der Waals surface area contributed by atoms with Crippen molar-refractivity contribution in [2.75, 3.05) is 6.54 Å². The Balaban J connectivity index is 2.26. The standard InChI is InChI=1S/C9H12N2O2S/c10-14(12,13)8-3-1-7(2-4-8)9-5-6-11-9/h1-4,9,11H,5-6H2,(H2,10,12,13). The van der Waals surface area contributed by atoms with Gasteiger partial charge in [0.2, 0.25) is 10.0 Å². The lowest BCUT2D eigenvalue weighted by molar-refractivity contribution is 0.383. The molecule has 1 aromatic rings. The van der Waals surface area contributed by atoms with Gasteiger partial charge in [-0.05, 0) is 30.7 Å². The van der Waals surface area contributed by atoms with Crippen LogP contribution in [0, 0.1) is 0 Å². The van der Waals surface area contributed by atoms with Gasteiger partial charge in [-0.15, -0.1) is 0 Å². The minimum Gasteiger partial charge on any atom is -0.310 e. The number of sulfonamides is 1. The third kappa shape index (κ3) is 1.79. The number of hydrogen-bond donors (Lipinski definition) is 2. The molecule has 1 aromatic carbocycles. The average Bonchev–Trinajstić information content (AvgIpc) is 2.00. The van der Waals surface area contributed by atoms with Crippen molar-refractivity contribution in [2.24, 2.45) is 5.14 Å². The van der Waals surface area contributed by atoms with Gasteiger partial charge < -0.3 is 5.32 Å². The average molecular weight is 212 g/mol. The van der Waals surface area contributed by atoms with Crippen molar-refractivity contribution >= 4 is 10.0 Å². The van der Waals surface area contributed by atoms with Crippen molar-refractivity contribution in [3.63, 3.8) is 0 Å². The molecule has 1 atom stereocenters. The van der Waals surface area contributed by atoms with Gasteiger partial charge in [0.05, 0.1) is 4.90 Å². The van der Waals surface area contributed by atoms with Crippen LogP contribution in [-0.2, 0) is 10.0 Å². The van der Waals surface area contributed by atoms with Crippen molar-refractivity contribution < 1.29 is 8.42 Å². The predicted molar refractivity (Wildman–Crippen MR) is 53.2 cm³/mol. The Hall–Kier alpha value is -0.910. The molecule has 0 bridgehead atoms. The second-order valence-corrected chi connectivity index (χ2v) is 4.97. The van der Waals surface area contributed by atoms with E-state index < -0.39 is 10.0 Å². The normalized spacial score (nSPS) is 21.6. The maximum atomic E-state index is 11.0. The maximum absolute atomic E-state index is 11.0. The summed E-state index contributed by atoms with van der Waals surface area (Å²) in [6, 6.07) is 7.08. The Bertz CT molecular complexity index is 421. The molecule has 76 valence electrons. The van der Waals surface area contributed by atoms with E-state index in [2.05, 4.69) is 5.32 Å². The van der Waals surface area contributed by atoms with Crippen LogP contribution in [0.25, 0.3) is 0 Å². The molecule has 3 N–H and O–H groups in total. The van der Waals surface area contributed by atoms with Crippen LogP contribution < -0.4 is 10.5 Å². The summed E-state index contributed by atoms with van der Waals surface area (Å²) in [5.74, 6) is 0. The Labute approximate surface area is 83.2 Å². The fraction of sp³-hybridized carbons (Fsp3) is 0.333. The van der Waals surface area contributed by atoms with Gasteiger partial charge in [-0.2, -0.15) is 0 Å². The third-order valence-electron chi connectivity index (χ3n) is 2.43. The van der Waals surface area contributed by atoms with Crippen LogP contribution in [0.4, 0.5) is 0 Å². The maximum Gasteiger partial charge on any atom is 0.238 e. The quantitative estimate of drug-likeness (QED) is 0.744. The first-order valence-corrected chi connectivity index (χ1v) is 5.98. The molecular formula is C9H12N2O2S. The highest BCUT2D eigenvalue weighted by molar-refractivity contribution is 7.89. The SMILES string of the molecule is NS(=O)(=O)c1ccc(C2CCN2)cc1. The van der Waals surface area contributed by atoms with Gasteiger partial charge in [0.1, 0.15) is 0 Å². The number of benzene rings is 1. The summed E-state index contributed by atoms with van der Waals surface area (Å²) in [4.78, 5) is 0.167. The lowest BCUT2D eigenvalue weighted by Gasteiger charge is -2.27. The Kier molecular flexibility index (Phi) is 2.30. The fourth-order valence-corrected chi connectivity index (χ4v) is 1.98. The molecular weight excluding hydrogens is 200 g/mol. The van der Waals surface area contributed by atoms with Crippen LogP contribution >= 0.6 is 0 Å². The zero-order valence-electron chi connectivity index (χ0n) is 7.60. The van der Waals surface area contributed by atoms with Crippen molar-refractivity contribution in [3.05, 3.63) is 29.8 Å². The van der Waals surface area contributed by atoms with Crippen molar-refractivity contribution in [1.82, 2.24) is 5.32 Å². The van der Waals surface area contributed by atoms with Crippen LogP contribution in [0.5, 0.6) is 0 Å². The predicted octanol–water partition coefficient (Wildman–Crippen LogP) is 0.368. The summed E-state index contributed by atoms with van der Waals surface area (Å²) < 4.78 is 21.9. The Morgan fingerprint density at radius 1 is 1.29 bits per heavy atom. The lowest BCUT2D eigenvalue weighted by Crippen LogP contribution is -2.34. The minimum absolute atomic E-state index is 0.167. The van der Waals surface area contributed by atoms with Crippen LogP contribution in [0.3, 0.4) is 0 Å². The number of nitrogens with one attached hydrogen (secondary N) is 1. The van der Waals surface area contributed by atoms with E-state index in [1.54, 1.807) is 24.3 Å². The molecule has 1 unspecified atom stereocenters. The second kappa shape index (κ2) is 3.34. The molecule has 0 radical (unpaired) electrons. The van der Waals surface area contributed by atoms with E-state index in [9.17, 15) is 8.42 Å². The van der Waals surface area contributed by atoms with Gasteiger partial charge in [0.25, 0.3) is 0 Å². The Morgan fingerprint density at radius 2 is 1.86 bits per heavy atom. The molecule has 0 spiro atoms. The highest BCUT2D eigenvalue weighted by atomic mass is 32.2. The Morgan fingerprint density at radius 3 is 2.21 bits per heavy atom. The molecule has 0 amide bonds. The molecule has 1 fully saturated rings. The van der Waals surface area contributed by atoms with Gasteiger partial charge in [-0.1, -0.05) is 12.1 Å². The molecule has 5 heteroatoms. The topological polar surface area (TPSA) is 72.2 Å². The van der Waals surface area contributed by atoms with Crippen molar-refractivity contribution in [2.45, 2.75) is 17.4 Å². The zero-order chi connectivity index (χ0) is 10.2. The fourth-order valence-electron chi connectivity index (χ4n) is 1.46. The molecule has 2 rings (SSSR count). The van der Waals surface area contributed by atoms with Gasteiger partial charge in [0, 0.05) is 6.04 Å². The van der Waals surface area contributed by atoms with Crippen LogP contribution in [0.15, 0.2) is 29.2 Å². The van der Waals surface area contributed by atoms with E-state index in [0.29, 0.717) is 6.04 Å². The summed E-state index contributed by atoms with van der Waals surface area (Å²) in [5.41, 5.74) is 1.11. The first-order valence-electron chi connectivity index (χ1n) is 4.43. The summed E-state index contributed by atoms with van der Waals surface area (Å²) in [6.07, 6.45) is 1.11. The van der Waals surface area contributed by atoms with Gasteiger partial charge >= 0.3 is 0 Å². The first kappa shape index (κ1) is 9.64. The smallest absolute Gasteiger partial charge is 0.238 e. The van der Waals surface area contributed by atoms with E-state index >= 15 is 0 Å². The lowest BCUT2D eigenvalue weighted by atomic mass is 9.98. The zero-order valence-corrected chi connectivity index (χ0v) is 8.42.